The third-order valence-corrected chi connectivity index (χ3v) is 0. The van der Waals surface area contributed by atoms with E-state index in [9.17, 15) is 0 Å². The summed E-state index contributed by atoms with van der Waals surface area (Å²) in [5.74, 6) is 0. The van der Waals surface area contributed by atoms with Crippen LogP contribution >= 0.6 is 0 Å². The van der Waals surface area contributed by atoms with Gasteiger partial charge in [0.25, 0.3) is 0 Å². The highest BCUT2D eigenvalue weighted by Crippen LogP contribution is 1.13. The fraction of sp³-hybridized carbons (Fsp3) is 0. The summed E-state index contributed by atoms with van der Waals surface area (Å²) < 4.78 is 0. The van der Waals surface area contributed by atoms with Gasteiger partial charge in [0.1, 0.15) is 0 Å². The van der Waals surface area contributed by atoms with Crippen molar-refractivity contribution in [1.82, 2.24) is 0 Å². The molecule has 0 aromatic carbocycles. The van der Waals surface area contributed by atoms with Crippen LogP contribution in [0.25, 0.3) is 0 Å². The molecule has 2 N–H and O–H groups in total. The smallest absolute Gasteiger partial charge is 0.405 e. The monoisotopic (exact) mass is 74.1 g/mol. The van der Waals surface area contributed by atoms with Gasteiger partial charge in [-0.3, -0.25) is 0 Å². The molecule has 0 rings (SSSR count). The average molecular weight is 74.1 g/mol. The summed E-state index contributed by atoms with van der Waals surface area (Å²) in [5.41, 5.74) is 4.61. The topological polar surface area (TPSA) is 26.0 Å². The molecule has 2 heteroatoms. The average Bonchev–Trinajstić information content (AvgIpc) is 0.918. The van der Waals surface area contributed by atoms with E-state index in [0.717, 1.165) is 0 Å². The van der Waals surface area contributed by atoms with Crippen molar-refractivity contribution in [2.24, 2.45) is 5.73 Å². The zero-order chi connectivity index (χ0) is 2.71. The van der Waals surface area contributed by atoms with Crippen LogP contribution in [0.3, 0.4) is 0 Å². The van der Waals surface area contributed by atoms with Gasteiger partial charge >= 0.3 is 1.43 Å². The maximum absolute atomic E-state index is 4.61. The molecule has 24 valence electrons. The van der Waals surface area contributed by atoms with Crippen LogP contribution in [0.2, 0.25) is 0 Å². The maximum atomic E-state index is 4.61. The molecule has 1 nitrogen and oxygen atoms in total. The van der Waals surface area contributed by atoms with Gasteiger partial charge in [-0.05, 0) is 6.20 Å². The zero-order valence-electron chi connectivity index (χ0n) is 2.86. The summed E-state index contributed by atoms with van der Waals surface area (Å²) in [4.78, 5) is 0. The van der Waals surface area contributed by atoms with Gasteiger partial charge < -0.3 is 5.73 Å². The fourth-order valence-corrected chi connectivity index (χ4v) is 0. The van der Waals surface area contributed by atoms with Crippen molar-refractivity contribution in [2.75, 3.05) is 0 Å². The number of rotatable bonds is 0. The van der Waals surface area contributed by atoms with Crippen molar-refractivity contribution in [1.29, 1.82) is 0 Å². The lowest BCUT2D eigenvalue weighted by molar-refractivity contribution is 1.64. The first-order valence-electron chi connectivity index (χ1n) is 0.742. The van der Waals surface area contributed by atoms with Crippen molar-refractivity contribution < 1.29 is 1.43 Å². The number of hydrogen-bond donors (Lipinski definition) is 1. The fourth-order valence-electron chi connectivity index (χ4n) is 0. The molecule has 0 spiro atoms. The van der Waals surface area contributed by atoms with Gasteiger partial charge in [-0.15, -0.1) is 0 Å². The molecule has 0 unspecified atom stereocenters. The van der Waals surface area contributed by atoms with Gasteiger partial charge in [0, 0.05) is 0 Å². The molecule has 0 bridgehead atoms. The van der Waals surface area contributed by atoms with Crippen LogP contribution in [-0.4, -0.2) is 17.4 Å². The number of nitrogens with two attached hydrogens (primary N) is 1. The van der Waals surface area contributed by atoms with Crippen molar-refractivity contribution in [3.63, 3.8) is 0 Å². The van der Waals surface area contributed by atoms with Gasteiger partial charge in [-0.2, -0.15) is 0 Å². The highest BCUT2D eigenvalue weighted by molar-refractivity contribution is 5.75. The highest BCUT2D eigenvalue weighted by atomic mass is 27.0. The molecule has 0 fully saturated rings. The van der Waals surface area contributed by atoms with Gasteiger partial charge in [0.15, 0.2) is 17.4 Å². The predicted octanol–water partition coefficient (Wildman–Crippen LogP) is -0.983. The largest absolute Gasteiger partial charge is 1.00 e. The Morgan fingerprint density at radius 2 is 2.00 bits per heavy atom. The molecular formula is C2H9AlN+. The second-order valence-corrected chi connectivity index (χ2v) is 0.236. The maximum Gasteiger partial charge on any atom is 1.00 e. The van der Waals surface area contributed by atoms with E-state index in [1.807, 2.05) is 0 Å². The van der Waals surface area contributed by atoms with Crippen LogP contribution in [0.4, 0.5) is 0 Å². The third kappa shape index (κ3) is 454. The van der Waals surface area contributed by atoms with E-state index in [1.165, 1.54) is 6.20 Å². The Hall–Kier alpha value is 0.0725. The lowest BCUT2D eigenvalue weighted by Crippen LogP contribution is -1.67. The van der Waals surface area contributed by atoms with Crippen LogP contribution in [0, 0.1) is 0 Å². The molecule has 0 aliphatic heterocycles. The van der Waals surface area contributed by atoms with Crippen LogP contribution < -0.4 is 5.73 Å². The molecule has 0 aromatic rings. The molecule has 4 heavy (non-hydrogen) atoms. The lowest BCUT2D eigenvalue weighted by atomic mass is 11.1. The highest BCUT2D eigenvalue weighted by Gasteiger charge is 1.09. The minimum atomic E-state index is 0. The van der Waals surface area contributed by atoms with Gasteiger partial charge in [-0.25, -0.2) is 0 Å². The van der Waals surface area contributed by atoms with E-state index in [-0.39, 0.29) is 18.8 Å². The zero-order valence-corrected chi connectivity index (χ0v) is 1.86. The van der Waals surface area contributed by atoms with E-state index in [1.54, 1.807) is 0 Å². The Morgan fingerprint density at radius 3 is 2.00 bits per heavy atom. The Balaban J connectivity index is -0.0000000200. The molecule has 0 saturated carbocycles. The summed E-state index contributed by atoms with van der Waals surface area (Å²) in [7, 11) is 0. The van der Waals surface area contributed by atoms with E-state index < -0.39 is 0 Å². The van der Waals surface area contributed by atoms with Crippen molar-refractivity contribution in [3.8, 4) is 0 Å². The summed E-state index contributed by atoms with van der Waals surface area (Å²) >= 11 is 0. The quantitative estimate of drug-likeness (QED) is 0.367. The summed E-state index contributed by atoms with van der Waals surface area (Å²) in [6.45, 7) is 3.14. The van der Waals surface area contributed by atoms with Crippen LogP contribution in [0.5, 0.6) is 0 Å². The first kappa shape index (κ1) is 8.95. The van der Waals surface area contributed by atoms with E-state index in [0.29, 0.717) is 0 Å². The Bertz CT molecular complexity index is 17.1. The first-order valence-corrected chi connectivity index (χ1v) is 0.742. The molecule has 0 radical (unpaired) electrons. The molecule has 0 heterocycles. The Labute approximate surface area is 38.1 Å². The summed E-state index contributed by atoms with van der Waals surface area (Å²) in [6, 6.07) is 0. The molecular weight excluding hydrogens is 65.0 g/mol. The first-order chi connectivity index (χ1) is 1.41. The third-order valence-electron chi connectivity index (χ3n) is 0. The van der Waals surface area contributed by atoms with Crippen molar-refractivity contribution in [3.05, 3.63) is 12.8 Å². The minimum Gasteiger partial charge on any atom is -0.405 e. The van der Waals surface area contributed by atoms with Gasteiger partial charge in [0.05, 0.1) is 0 Å². The Kier molecular flexibility index (Phi) is 25.7. The minimum absolute atomic E-state index is 0. The van der Waals surface area contributed by atoms with Crippen LogP contribution in [0.1, 0.15) is 1.43 Å². The van der Waals surface area contributed by atoms with E-state index in [4.69, 9.17) is 0 Å². The molecule has 0 aromatic heterocycles. The van der Waals surface area contributed by atoms with E-state index in [2.05, 4.69) is 12.3 Å². The standard InChI is InChI=1S/C2H5N.Al.3H/c1-2-3;;;;/h2H,1,3H2;;;;/p+1. The van der Waals surface area contributed by atoms with Crippen LogP contribution in [0.15, 0.2) is 12.8 Å². The molecule has 0 amide bonds. The molecule has 0 aliphatic carbocycles. The van der Waals surface area contributed by atoms with Crippen molar-refractivity contribution >= 4 is 17.4 Å². The second kappa shape index (κ2) is 11.5. The summed E-state index contributed by atoms with van der Waals surface area (Å²) in [5, 5.41) is 0. The van der Waals surface area contributed by atoms with E-state index >= 15 is 0 Å². The lowest BCUT2D eigenvalue weighted by Gasteiger charge is -1.40. The molecule has 0 saturated heterocycles. The van der Waals surface area contributed by atoms with Crippen LogP contribution in [-0.2, 0) is 0 Å². The number of hydrogen-bond acceptors (Lipinski definition) is 1. The second-order valence-electron chi connectivity index (χ2n) is 0.236. The van der Waals surface area contributed by atoms with Crippen molar-refractivity contribution in [2.45, 2.75) is 0 Å². The normalized spacial score (nSPS) is 3.00. The molecule has 0 atom stereocenters. The summed E-state index contributed by atoms with van der Waals surface area (Å²) in [6.07, 6.45) is 1.25. The van der Waals surface area contributed by atoms with Gasteiger partial charge in [0.2, 0.25) is 0 Å². The van der Waals surface area contributed by atoms with Gasteiger partial charge in [-0.1, -0.05) is 6.58 Å². The molecule has 0 aliphatic rings. The predicted molar refractivity (Wildman–Crippen MR) is 25.4 cm³/mol. The SMILES string of the molecule is C=CN.[AlH3].[H+]. The Morgan fingerprint density at radius 1 is 2.00 bits per heavy atom.